The maximum Gasteiger partial charge on any atom is 0.396 e. The quantitative estimate of drug-likeness (QED) is 0.262. The second-order valence-electron chi connectivity index (χ2n) is 9.13. The minimum Gasteiger partial charge on any atom is -0.494 e. The van der Waals surface area contributed by atoms with Gasteiger partial charge in [0.2, 0.25) is 5.95 Å². The molecule has 0 saturated carbocycles. The maximum atomic E-state index is 14.6. The molecular weight excluding hydrogens is 491 g/mol. The highest BCUT2D eigenvalue weighted by atomic mass is 19.1. The molecule has 0 aliphatic rings. The lowest BCUT2D eigenvalue weighted by atomic mass is 10.1. The van der Waals surface area contributed by atoms with E-state index in [-0.39, 0.29) is 11.8 Å². The van der Waals surface area contributed by atoms with Gasteiger partial charge in [-0.2, -0.15) is 4.52 Å². The molecule has 0 spiro atoms. The van der Waals surface area contributed by atoms with Gasteiger partial charge in [-0.15, -0.1) is 5.10 Å². The Morgan fingerprint density at radius 1 is 1.18 bits per heavy atom. The van der Waals surface area contributed by atoms with E-state index >= 15 is 0 Å². The molecule has 1 N–H and O–H groups in total. The van der Waals surface area contributed by atoms with Crippen molar-refractivity contribution in [2.45, 2.75) is 45.7 Å². The Labute approximate surface area is 219 Å². The van der Waals surface area contributed by atoms with Crippen molar-refractivity contribution in [2.75, 3.05) is 26.6 Å². The van der Waals surface area contributed by atoms with E-state index in [1.54, 1.807) is 17.6 Å². The molecule has 0 fully saturated rings. The summed E-state index contributed by atoms with van der Waals surface area (Å²) in [5.41, 5.74) is 3.26. The predicted molar refractivity (Wildman–Crippen MR) is 140 cm³/mol. The van der Waals surface area contributed by atoms with Crippen LogP contribution in [0.4, 0.5) is 10.3 Å². The number of halogens is 1. The average Bonchev–Trinajstić information content (AvgIpc) is 3.35. The number of hydrogen-bond acceptors (Lipinski definition) is 8. The number of carbonyl (C=O) groups is 2. The first-order valence-electron chi connectivity index (χ1n) is 12.3. The van der Waals surface area contributed by atoms with Crippen LogP contribution in [0, 0.1) is 12.7 Å². The lowest BCUT2D eigenvalue weighted by Gasteiger charge is -2.23. The summed E-state index contributed by atoms with van der Waals surface area (Å²) in [7, 11) is 4.16. The molecule has 2 aromatic carbocycles. The van der Waals surface area contributed by atoms with Crippen LogP contribution in [0.25, 0.3) is 16.6 Å². The van der Waals surface area contributed by atoms with Gasteiger partial charge in [0.05, 0.1) is 19.7 Å². The third-order valence-electron chi connectivity index (χ3n) is 6.65. The number of nitrogens with zero attached hydrogens (tertiary/aromatic N) is 5. The van der Waals surface area contributed by atoms with Gasteiger partial charge in [-0.25, -0.2) is 19.2 Å². The Bertz CT molecular complexity index is 1490. The van der Waals surface area contributed by atoms with Gasteiger partial charge in [0, 0.05) is 37.5 Å². The van der Waals surface area contributed by atoms with Crippen LogP contribution in [0.2, 0.25) is 0 Å². The van der Waals surface area contributed by atoms with Crippen molar-refractivity contribution in [1.29, 1.82) is 0 Å². The molecule has 1 amide bonds. The molecule has 0 aliphatic heterocycles. The molecule has 0 aliphatic carbocycles. The number of hydrogen-bond donors (Lipinski definition) is 1. The Morgan fingerprint density at radius 3 is 2.66 bits per heavy atom. The first kappa shape index (κ1) is 26.8. The number of ether oxygens (including phenoxy) is 2. The van der Waals surface area contributed by atoms with Gasteiger partial charge in [0.15, 0.2) is 23.0 Å². The number of fused-ring (bicyclic) bond motifs is 3. The number of amides is 1. The van der Waals surface area contributed by atoms with E-state index in [1.807, 2.05) is 38.1 Å². The highest BCUT2D eigenvalue weighted by Gasteiger charge is 2.23. The van der Waals surface area contributed by atoms with E-state index in [1.165, 1.54) is 25.2 Å². The number of likely N-dealkylation sites (N-methyl/N-ethyl adjacent to an activating group) is 1. The molecule has 0 unspecified atom stereocenters. The summed E-state index contributed by atoms with van der Waals surface area (Å²) in [4.78, 5) is 34.4. The van der Waals surface area contributed by atoms with E-state index in [2.05, 4.69) is 15.2 Å². The fraction of sp³-hybridized carbons (Fsp3) is 0.370. The van der Waals surface area contributed by atoms with Crippen LogP contribution in [0.3, 0.4) is 0 Å². The van der Waals surface area contributed by atoms with E-state index in [0.29, 0.717) is 54.1 Å². The summed E-state index contributed by atoms with van der Waals surface area (Å²) in [5, 5.41) is 8.52. The summed E-state index contributed by atoms with van der Waals surface area (Å²) in [5.74, 6) is -0.969. The van der Waals surface area contributed by atoms with Gasteiger partial charge in [-0.1, -0.05) is 24.3 Å². The predicted octanol–water partition coefficient (Wildman–Crippen LogP) is 3.69. The number of esters is 1. The van der Waals surface area contributed by atoms with Crippen LogP contribution in [0.15, 0.2) is 36.4 Å². The van der Waals surface area contributed by atoms with Crippen molar-refractivity contribution in [3.05, 3.63) is 59.2 Å². The highest BCUT2D eigenvalue weighted by Crippen LogP contribution is 2.28. The topological polar surface area (TPSA) is 111 Å². The Morgan fingerprint density at radius 2 is 1.95 bits per heavy atom. The molecule has 10 nitrogen and oxygen atoms in total. The normalized spacial score (nSPS) is 11.9. The standard InChI is InChI=1S/C27H31FN6O4/c1-16-9-6-7-11-18(16)15-29-27-30-21-14-22(37-4)20(28)13-19(21)24-31-23(32-34(24)27)12-8-10-17(2)33(3)25(35)26(36)38-5/h6-7,9,11,13-14,17H,8,10,12,15H2,1-5H3,(H,29,30)/t17-/m0/s1. The minimum absolute atomic E-state index is 0.0959. The molecule has 0 radical (unpaired) electrons. The molecule has 0 saturated heterocycles. The van der Waals surface area contributed by atoms with E-state index < -0.39 is 17.7 Å². The van der Waals surface area contributed by atoms with E-state index in [9.17, 15) is 14.0 Å². The largest absolute Gasteiger partial charge is 0.494 e. The van der Waals surface area contributed by atoms with Gasteiger partial charge in [0.25, 0.3) is 0 Å². The van der Waals surface area contributed by atoms with Crippen LogP contribution >= 0.6 is 0 Å². The summed E-state index contributed by atoms with van der Waals surface area (Å²) < 4.78 is 25.9. The first-order valence-corrected chi connectivity index (χ1v) is 12.3. The summed E-state index contributed by atoms with van der Waals surface area (Å²) >= 11 is 0. The Balaban J connectivity index is 1.60. The molecule has 2 aromatic heterocycles. The fourth-order valence-electron chi connectivity index (χ4n) is 4.19. The van der Waals surface area contributed by atoms with Crippen molar-refractivity contribution < 1.29 is 23.5 Å². The van der Waals surface area contributed by atoms with E-state index in [4.69, 9.17) is 14.7 Å². The third-order valence-corrected chi connectivity index (χ3v) is 6.65. The van der Waals surface area contributed by atoms with Crippen molar-refractivity contribution in [3.63, 3.8) is 0 Å². The molecule has 200 valence electrons. The number of methoxy groups -OCH3 is 2. The van der Waals surface area contributed by atoms with Crippen molar-refractivity contribution >= 4 is 34.4 Å². The molecule has 11 heteroatoms. The molecule has 2 heterocycles. The number of benzene rings is 2. The highest BCUT2D eigenvalue weighted by molar-refractivity contribution is 6.32. The van der Waals surface area contributed by atoms with Gasteiger partial charge in [-0.3, -0.25) is 4.79 Å². The van der Waals surface area contributed by atoms with Crippen LogP contribution in [-0.4, -0.2) is 63.7 Å². The maximum absolute atomic E-state index is 14.6. The van der Waals surface area contributed by atoms with Crippen LogP contribution in [0.5, 0.6) is 5.75 Å². The smallest absolute Gasteiger partial charge is 0.396 e. The van der Waals surface area contributed by atoms with Crippen LogP contribution in [0.1, 0.15) is 36.7 Å². The number of anilines is 1. The molecule has 0 bridgehead atoms. The number of aryl methyl sites for hydroxylation is 2. The average molecular weight is 523 g/mol. The molecule has 38 heavy (non-hydrogen) atoms. The zero-order valence-electron chi connectivity index (χ0n) is 22.1. The summed E-state index contributed by atoms with van der Waals surface area (Å²) in [6.07, 6.45) is 1.80. The molecule has 4 rings (SSSR count). The van der Waals surface area contributed by atoms with Gasteiger partial charge >= 0.3 is 11.9 Å². The summed E-state index contributed by atoms with van der Waals surface area (Å²) in [6, 6.07) is 10.8. The third kappa shape index (κ3) is 5.51. The van der Waals surface area contributed by atoms with Crippen LogP contribution < -0.4 is 10.1 Å². The summed E-state index contributed by atoms with van der Waals surface area (Å²) in [6.45, 7) is 4.42. The number of rotatable bonds is 9. The van der Waals surface area contributed by atoms with Crippen molar-refractivity contribution in [3.8, 4) is 5.75 Å². The van der Waals surface area contributed by atoms with Crippen molar-refractivity contribution in [1.82, 2.24) is 24.5 Å². The molecule has 4 aromatic rings. The number of nitrogens with one attached hydrogen (secondary N) is 1. The van der Waals surface area contributed by atoms with Gasteiger partial charge < -0.3 is 19.7 Å². The van der Waals surface area contributed by atoms with Crippen LogP contribution in [-0.2, 0) is 27.3 Å². The molecular formula is C27H31FN6O4. The zero-order chi connectivity index (χ0) is 27.4. The van der Waals surface area contributed by atoms with Gasteiger partial charge in [0.1, 0.15) is 0 Å². The lowest BCUT2D eigenvalue weighted by molar-refractivity contribution is -0.158. The number of carbonyl (C=O) groups excluding carboxylic acids is 2. The lowest BCUT2D eigenvalue weighted by Crippen LogP contribution is -2.40. The van der Waals surface area contributed by atoms with Crippen molar-refractivity contribution in [2.24, 2.45) is 0 Å². The minimum atomic E-state index is -0.893. The van der Waals surface area contributed by atoms with E-state index in [0.717, 1.165) is 11.1 Å². The Hall–Kier alpha value is -4.28. The number of aromatic nitrogens is 4. The first-order chi connectivity index (χ1) is 18.2. The fourth-order valence-corrected chi connectivity index (χ4v) is 4.19. The second kappa shape index (κ2) is 11.4. The van der Waals surface area contributed by atoms with Gasteiger partial charge in [-0.05, 0) is 43.9 Å². The monoisotopic (exact) mass is 522 g/mol. The zero-order valence-corrected chi connectivity index (χ0v) is 22.1. The SMILES string of the molecule is COC(=O)C(=O)N(C)[C@@H](C)CCCc1nc2c3cc(F)c(OC)cc3nc(NCc3ccccc3C)n2n1. The second-order valence-corrected chi connectivity index (χ2v) is 9.13. The Kier molecular flexibility index (Phi) is 8.04. The molecule has 1 atom stereocenters.